The van der Waals surface area contributed by atoms with Gasteiger partial charge >= 0.3 is 7.60 Å². The smallest absolute Gasteiger partial charge is 0.324 e. The van der Waals surface area contributed by atoms with E-state index in [4.69, 9.17) is 9.79 Å². The van der Waals surface area contributed by atoms with Gasteiger partial charge in [-0.1, -0.05) is 12.5 Å². The van der Waals surface area contributed by atoms with E-state index < -0.39 is 7.60 Å². The Morgan fingerprint density at radius 2 is 2.08 bits per heavy atom. The average molecular weight is 192 g/mol. The summed E-state index contributed by atoms with van der Waals surface area (Å²) in [6.45, 7) is 7.50. The zero-order valence-corrected chi connectivity index (χ0v) is 8.55. The second-order valence-corrected chi connectivity index (χ2v) is 5.14. The topological polar surface area (TPSA) is 57.5 Å². The van der Waals surface area contributed by atoms with Gasteiger partial charge < -0.3 is 9.79 Å². The van der Waals surface area contributed by atoms with Gasteiger partial charge in [-0.2, -0.15) is 0 Å². The fraction of sp³-hybridized carbons (Fsp3) is 0.750. The molecule has 0 saturated carbocycles. The monoisotopic (exact) mass is 192 g/mol. The van der Waals surface area contributed by atoms with Crippen LogP contribution in [0.4, 0.5) is 0 Å². The SMILES string of the molecule is C=C(C)CCC(C)CP(=O)(O)O. The van der Waals surface area contributed by atoms with Crippen molar-refractivity contribution in [2.45, 2.75) is 26.7 Å². The molecular formula is C8H17O3P. The van der Waals surface area contributed by atoms with Crippen molar-refractivity contribution in [1.82, 2.24) is 0 Å². The first-order valence-electron chi connectivity index (χ1n) is 4.00. The van der Waals surface area contributed by atoms with Crippen LogP contribution in [0, 0.1) is 5.92 Å². The highest BCUT2D eigenvalue weighted by molar-refractivity contribution is 7.51. The molecule has 3 nitrogen and oxygen atoms in total. The molecule has 1 unspecified atom stereocenters. The Morgan fingerprint density at radius 1 is 1.58 bits per heavy atom. The molecule has 72 valence electrons. The van der Waals surface area contributed by atoms with Crippen molar-refractivity contribution >= 4 is 7.60 Å². The third-order valence-electron chi connectivity index (χ3n) is 1.61. The van der Waals surface area contributed by atoms with Crippen molar-refractivity contribution in [1.29, 1.82) is 0 Å². The highest BCUT2D eigenvalue weighted by Gasteiger charge is 2.17. The summed E-state index contributed by atoms with van der Waals surface area (Å²) in [4.78, 5) is 17.3. The Bertz CT molecular complexity index is 194. The lowest BCUT2D eigenvalue weighted by molar-refractivity contribution is 0.361. The first kappa shape index (κ1) is 11.9. The molecule has 0 aromatic carbocycles. The molecule has 0 heterocycles. The van der Waals surface area contributed by atoms with Gasteiger partial charge in [0.2, 0.25) is 0 Å². The highest BCUT2D eigenvalue weighted by atomic mass is 31.2. The molecule has 0 aromatic heterocycles. The van der Waals surface area contributed by atoms with Crippen molar-refractivity contribution < 1.29 is 14.4 Å². The lowest BCUT2D eigenvalue weighted by atomic mass is 10.0. The van der Waals surface area contributed by atoms with Crippen molar-refractivity contribution in [2.75, 3.05) is 6.16 Å². The minimum absolute atomic E-state index is 0.0136. The maximum Gasteiger partial charge on any atom is 0.325 e. The quantitative estimate of drug-likeness (QED) is 0.518. The number of hydrogen-bond donors (Lipinski definition) is 2. The van der Waals surface area contributed by atoms with Crippen LogP contribution >= 0.6 is 7.60 Å². The molecule has 0 spiro atoms. The third kappa shape index (κ3) is 7.99. The van der Waals surface area contributed by atoms with E-state index in [0.717, 1.165) is 18.4 Å². The predicted molar refractivity (Wildman–Crippen MR) is 50.1 cm³/mol. The van der Waals surface area contributed by atoms with Crippen molar-refractivity contribution in [3.8, 4) is 0 Å². The van der Waals surface area contributed by atoms with Crippen molar-refractivity contribution in [3.05, 3.63) is 12.2 Å². The minimum Gasteiger partial charge on any atom is -0.324 e. The molecule has 0 aliphatic rings. The Hall–Kier alpha value is -0.110. The summed E-state index contributed by atoms with van der Waals surface area (Å²) in [5.74, 6) is 0.0718. The van der Waals surface area contributed by atoms with Crippen LogP contribution in [-0.2, 0) is 4.57 Å². The van der Waals surface area contributed by atoms with Gasteiger partial charge in [0.25, 0.3) is 0 Å². The second-order valence-electron chi connectivity index (χ2n) is 3.45. The van der Waals surface area contributed by atoms with E-state index in [1.165, 1.54) is 0 Å². The zero-order valence-electron chi connectivity index (χ0n) is 7.66. The average Bonchev–Trinajstić information content (AvgIpc) is 1.79. The van der Waals surface area contributed by atoms with E-state index in [1.54, 1.807) is 0 Å². The van der Waals surface area contributed by atoms with Gasteiger partial charge in [-0.25, -0.2) is 0 Å². The first-order valence-corrected chi connectivity index (χ1v) is 5.80. The maximum absolute atomic E-state index is 10.6. The fourth-order valence-corrected chi connectivity index (χ4v) is 1.98. The maximum atomic E-state index is 10.6. The van der Waals surface area contributed by atoms with Crippen LogP contribution in [0.3, 0.4) is 0 Å². The molecule has 0 bridgehead atoms. The Balaban J connectivity index is 3.67. The molecule has 2 N–H and O–H groups in total. The molecule has 0 amide bonds. The fourth-order valence-electron chi connectivity index (χ4n) is 0.990. The van der Waals surface area contributed by atoms with Crippen LogP contribution in [-0.4, -0.2) is 15.9 Å². The standard InChI is InChI=1S/C8H17O3P/c1-7(2)4-5-8(3)6-12(9,10)11/h8H,1,4-6H2,2-3H3,(H2,9,10,11). The van der Waals surface area contributed by atoms with Crippen LogP contribution < -0.4 is 0 Å². The molecule has 0 saturated heterocycles. The van der Waals surface area contributed by atoms with Crippen molar-refractivity contribution in [2.24, 2.45) is 5.92 Å². The van der Waals surface area contributed by atoms with E-state index in [2.05, 4.69) is 6.58 Å². The van der Waals surface area contributed by atoms with Gasteiger partial charge in [0, 0.05) is 0 Å². The van der Waals surface area contributed by atoms with E-state index in [0.29, 0.717) is 0 Å². The van der Waals surface area contributed by atoms with Crippen LogP contribution in [0.25, 0.3) is 0 Å². The molecule has 1 atom stereocenters. The Morgan fingerprint density at radius 3 is 2.42 bits per heavy atom. The molecular weight excluding hydrogens is 175 g/mol. The summed E-state index contributed by atoms with van der Waals surface area (Å²) in [5.41, 5.74) is 1.06. The molecule has 0 rings (SSSR count). The number of allylic oxidation sites excluding steroid dienone is 1. The zero-order chi connectivity index (χ0) is 9.78. The molecule has 0 radical (unpaired) electrons. The van der Waals surface area contributed by atoms with Crippen LogP contribution in [0.15, 0.2) is 12.2 Å². The summed E-state index contributed by atoms with van der Waals surface area (Å²) >= 11 is 0. The van der Waals surface area contributed by atoms with Crippen molar-refractivity contribution in [3.63, 3.8) is 0 Å². The van der Waals surface area contributed by atoms with Gasteiger partial charge in [0.1, 0.15) is 0 Å². The van der Waals surface area contributed by atoms with Gasteiger partial charge in [-0.05, 0) is 25.7 Å². The summed E-state index contributed by atoms with van der Waals surface area (Å²) in [6.07, 6.45) is 1.64. The van der Waals surface area contributed by atoms with Gasteiger partial charge in [0.15, 0.2) is 0 Å². The summed E-state index contributed by atoms with van der Waals surface area (Å²) in [7, 11) is -3.81. The summed E-state index contributed by atoms with van der Waals surface area (Å²) in [5, 5.41) is 0. The number of rotatable bonds is 5. The largest absolute Gasteiger partial charge is 0.325 e. The van der Waals surface area contributed by atoms with Crippen LogP contribution in [0.1, 0.15) is 26.7 Å². The normalized spacial score (nSPS) is 14.3. The minimum atomic E-state index is -3.81. The second kappa shape index (κ2) is 4.80. The predicted octanol–water partition coefficient (Wildman–Crippen LogP) is 2.16. The molecule has 0 aliphatic heterocycles. The number of hydrogen-bond acceptors (Lipinski definition) is 1. The molecule has 0 aliphatic carbocycles. The van der Waals surface area contributed by atoms with Gasteiger partial charge in [-0.15, -0.1) is 6.58 Å². The van der Waals surface area contributed by atoms with Gasteiger partial charge in [-0.3, -0.25) is 4.57 Å². The van der Waals surface area contributed by atoms with Crippen LogP contribution in [0.5, 0.6) is 0 Å². The van der Waals surface area contributed by atoms with E-state index in [9.17, 15) is 4.57 Å². The van der Waals surface area contributed by atoms with E-state index >= 15 is 0 Å². The Kier molecular flexibility index (Phi) is 4.76. The lowest BCUT2D eigenvalue weighted by Crippen LogP contribution is -2.02. The van der Waals surface area contributed by atoms with Gasteiger partial charge in [0.05, 0.1) is 6.16 Å². The van der Waals surface area contributed by atoms with Crippen LogP contribution in [0.2, 0.25) is 0 Å². The summed E-state index contributed by atoms with van der Waals surface area (Å²) < 4.78 is 10.6. The molecule has 0 aromatic rings. The highest BCUT2D eigenvalue weighted by Crippen LogP contribution is 2.37. The molecule has 12 heavy (non-hydrogen) atoms. The molecule has 0 fully saturated rings. The molecule has 4 heteroatoms. The lowest BCUT2D eigenvalue weighted by Gasteiger charge is -2.11. The van der Waals surface area contributed by atoms with E-state index in [-0.39, 0.29) is 12.1 Å². The Labute approximate surface area is 73.7 Å². The summed E-state index contributed by atoms with van der Waals surface area (Å²) in [6, 6.07) is 0. The third-order valence-corrected chi connectivity index (χ3v) is 2.71. The first-order chi connectivity index (χ1) is 5.31. The van der Waals surface area contributed by atoms with E-state index in [1.807, 2.05) is 13.8 Å².